The van der Waals surface area contributed by atoms with Crippen LogP contribution in [0.2, 0.25) is 0 Å². The number of hydrogen-bond donors (Lipinski definition) is 1. The van der Waals surface area contributed by atoms with Gasteiger partial charge in [0.1, 0.15) is 5.82 Å². The number of nitrogens with zero attached hydrogens (tertiary/aromatic N) is 1. The van der Waals surface area contributed by atoms with E-state index in [1.54, 1.807) is 6.07 Å². The lowest BCUT2D eigenvalue weighted by Crippen LogP contribution is -2.11. The second-order valence-electron chi connectivity index (χ2n) is 4.70. The van der Waals surface area contributed by atoms with Crippen LogP contribution in [0.4, 0.5) is 0 Å². The summed E-state index contributed by atoms with van der Waals surface area (Å²) in [4.78, 5) is 18.9. The minimum atomic E-state index is -0.0809. The predicted molar refractivity (Wildman–Crippen MR) is 73.8 cm³/mol. The van der Waals surface area contributed by atoms with Crippen molar-refractivity contribution in [1.82, 2.24) is 9.97 Å². The van der Waals surface area contributed by atoms with Gasteiger partial charge in [-0.1, -0.05) is 24.1 Å². The minimum Gasteiger partial charge on any atom is -0.311 e. The maximum absolute atomic E-state index is 11.6. The Hall–Kier alpha value is -1.90. The fraction of sp³-hybridized carbons (Fsp3) is 0.333. The fourth-order valence-corrected chi connectivity index (χ4v) is 2.13. The third kappa shape index (κ3) is 2.86. The van der Waals surface area contributed by atoms with Gasteiger partial charge in [-0.3, -0.25) is 4.79 Å². The number of benzene rings is 1. The Morgan fingerprint density at radius 3 is 2.39 bits per heavy atom. The highest BCUT2D eigenvalue weighted by molar-refractivity contribution is 5.60. The molecule has 1 aromatic heterocycles. The molecule has 2 rings (SSSR count). The van der Waals surface area contributed by atoms with Crippen molar-refractivity contribution in [2.75, 3.05) is 0 Å². The summed E-state index contributed by atoms with van der Waals surface area (Å²) in [5, 5.41) is 0. The van der Waals surface area contributed by atoms with E-state index in [-0.39, 0.29) is 5.56 Å². The Kier molecular flexibility index (Phi) is 3.60. The molecule has 0 bridgehead atoms. The molecule has 2 aromatic rings. The molecule has 0 unspecified atom stereocenters. The van der Waals surface area contributed by atoms with Crippen LogP contribution in [0.25, 0.3) is 11.3 Å². The van der Waals surface area contributed by atoms with Crippen molar-refractivity contribution in [3.63, 3.8) is 0 Å². The van der Waals surface area contributed by atoms with Crippen molar-refractivity contribution in [3.05, 3.63) is 51.6 Å². The van der Waals surface area contributed by atoms with Crippen LogP contribution in [0.5, 0.6) is 0 Å². The van der Waals surface area contributed by atoms with Crippen LogP contribution in [-0.4, -0.2) is 9.97 Å². The summed E-state index contributed by atoms with van der Waals surface area (Å²) in [6, 6.07) is 7.80. The van der Waals surface area contributed by atoms with Gasteiger partial charge in [0.2, 0.25) is 0 Å². The summed E-state index contributed by atoms with van der Waals surface area (Å²) in [6.45, 7) is 6.18. The molecule has 1 aromatic carbocycles. The first-order valence-corrected chi connectivity index (χ1v) is 6.27. The van der Waals surface area contributed by atoms with Gasteiger partial charge in [-0.15, -0.1) is 0 Å². The van der Waals surface area contributed by atoms with Gasteiger partial charge < -0.3 is 4.98 Å². The van der Waals surface area contributed by atoms with Crippen LogP contribution in [0.15, 0.2) is 29.1 Å². The molecule has 0 spiro atoms. The largest absolute Gasteiger partial charge is 0.311 e. The maximum Gasteiger partial charge on any atom is 0.251 e. The van der Waals surface area contributed by atoms with E-state index in [4.69, 9.17) is 0 Å². The molecule has 0 radical (unpaired) electrons. The first kappa shape index (κ1) is 12.6. The average molecular weight is 242 g/mol. The van der Waals surface area contributed by atoms with E-state index in [9.17, 15) is 4.79 Å². The van der Waals surface area contributed by atoms with Crippen molar-refractivity contribution < 1.29 is 0 Å². The Morgan fingerprint density at radius 1 is 1.11 bits per heavy atom. The summed E-state index contributed by atoms with van der Waals surface area (Å²) in [7, 11) is 0. The second kappa shape index (κ2) is 5.17. The van der Waals surface area contributed by atoms with Gasteiger partial charge in [0.25, 0.3) is 5.56 Å². The van der Waals surface area contributed by atoms with Crippen molar-refractivity contribution in [1.29, 1.82) is 0 Å². The van der Waals surface area contributed by atoms with E-state index in [2.05, 4.69) is 48.9 Å². The van der Waals surface area contributed by atoms with E-state index in [0.717, 1.165) is 29.9 Å². The van der Waals surface area contributed by atoms with Gasteiger partial charge >= 0.3 is 0 Å². The van der Waals surface area contributed by atoms with Crippen LogP contribution < -0.4 is 5.56 Å². The van der Waals surface area contributed by atoms with Crippen LogP contribution in [0.1, 0.15) is 30.3 Å². The monoisotopic (exact) mass is 242 g/mol. The molecule has 0 aliphatic rings. The summed E-state index contributed by atoms with van der Waals surface area (Å²) in [6.07, 6.45) is 1.77. The zero-order chi connectivity index (χ0) is 13.1. The van der Waals surface area contributed by atoms with Crippen LogP contribution in [0.3, 0.4) is 0 Å². The SMILES string of the molecule is CCCc1nc(-c2cc(C)cc(C)c2)cc(=O)[nH]1. The summed E-state index contributed by atoms with van der Waals surface area (Å²) in [5.74, 6) is 0.763. The molecule has 0 amide bonds. The molecule has 0 saturated carbocycles. The van der Waals surface area contributed by atoms with Crippen LogP contribution in [0, 0.1) is 13.8 Å². The van der Waals surface area contributed by atoms with E-state index < -0.39 is 0 Å². The molecule has 94 valence electrons. The standard InChI is InChI=1S/C15H18N2O/c1-4-5-14-16-13(9-15(18)17-14)12-7-10(2)6-11(3)8-12/h6-9H,4-5H2,1-3H3,(H,16,17,18). The van der Waals surface area contributed by atoms with Gasteiger partial charge in [0, 0.05) is 18.1 Å². The summed E-state index contributed by atoms with van der Waals surface area (Å²) < 4.78 is 0. The molecule has 1 N–H and O–H groups in total. The van der Waals surface area contributed by atoms with Gasteiger partial charge in [0.15, 0.2) is 0 Å². The number of rotatable bonds is 3. The molecule has 18 heavy (non-hydrogen) atoms. The highest BCUT2D eigenvalue weighted by atomic mass is 16.1. The highest BCUT2D eigenvalue weighted by Gasteiger charge is 2.05. The van der Waals surface area contributed by atoms with E-state index in [1.807, 2.05) is 0 Å². The normalized spacial score (nSPS) is 10.6. The minimum absolute atomic E-state index is 0.0809. The first-order chi connectivity index (χ1) is 8.58. The molecular weight excluding hydrogens is 224 g/mol. The van der Waals surface area contributed by atoms with Gasteiger partial charge in [0.05, 0.1) is 5.69 Å². The zero-order valence-corrected chi connectivity index (χ0v) is 11.1. The number of aryl methyl sites for hydroxylation is 3. The highest BCUT2D eigenvalue weighted by Crippen LogP contribution is 2.19. The zero-order valence-electron chi connectivity index (χ0n) is 11.1. The van der Waals surface area contributed by atoms with E-state index in [1.165, 1.54) is 11.1 Å². The predicted octanol–water partition coefficient (Wildman–Crippen LogP) is 3.01. The number of H-pyrrole nitrogens is 1. The summed E-state index contributed by atoms with van der Waals surface area (Å²) >= 11 is 0. The van der Waals surface area contributed by atoms with Crippen molar-refractivity contribution >= 4 is 0 Å². The Balaban J connectivity index is 2.52. The molecule has 0 atom stereocenters. The molecular formula is C15H18N2O. The molecule has 0 aliphatic heterocycles. The van der Waals surface area contributed by atoms with Crippen LogP contribution in [-0.2, 0) is 6.42 Å². The third-order valence-corrected chi connectivity index (χ3v) is 2.79. The molecule has 3 nitrogen and oxygen atoms in total. The topological polar surface area (TPSA) is 45.8 Å². The van der Waals surface area contributed by atoms with Gasteiger partial charge in [-0.2, -0.15) is 0 Å². The molecule has 1 heterocycles. The Morgan fingerprint density at radius 2 is 1.78 bits per heavy atom. The van der Waals surface area contributed by atoms with E-state index in [0.29, 0.717) is 0 Å². The number of aromatic nitrogens is 2. The third-order valence-electron chi connectivity index (χ3n) is 2.79. The van der Waals surface area contributed by atoms with Crippen LogP contribution >= 0.6 is 0 Å². The van der Waals surface area contributed by atoms with Crippen molar-refractivity contribution in [2.24, 2.45) is 0 Å². The fourth-order valence-electron chi connectivity index (χ4n) is 2.13. The van der Waals surface area contributed by atoms with Gasteiger partial charge in [-0.05, 0) is 32.4 Å². The average Bonchev–Trinajstić information content (AvgIpc) is 2.27. The first-order valence-electron chi connectivity index (χ1n) is 6.27. The molecule has 0 fully saturated rings. The smallest absolute Gasteiger partial charge is 0.251 e. The summed E-state index contributed by atoms with van der Waals surface area (Å²) in [5.41, 5.74) is 4.06. The van der Waals surface area contributed by atoms with Crippen molar-refractivity contribution in [2.45, 2.75) is 33.6 Å². The molecule has 0 saturated heterocycles. The van der Waals surface area contributed by atoms with E-state index >= 15 is 0 Å². The Bertz CT molecular complexity index is 594. The molecule has 0 aliphatic carbocycles. The maximum atomic E-state index is 11.6. The van der Waals surface area contributed by atoms with Crippen molar-refractivity contribution in [3.8, 4) is 11.3 Å². The number of aromatic amines is 1. The lowest BCUT2D eigenvalue weighted by atomic mass is 10.0. The quantitative estimate of drug-likeness (QED) is 0.899. The lowest BCUT2D eigenvalue weighted by molar-refractivity contribution is 0.827. The number of hydrogen-bond acceptors (Lipinski definition) is 2. The Labute approximate surface area is 107 Å². The lowest BCUT2D eigenvalue weighted by Gasteiger charge is -2.06. The number of nitrogens with one attached hydrogen (secondary N) is 1. The molecule has 3 heteroatoms. The van der Waals surface area contributed by atoms with Gasteiger partial charge in [-0.25, -0.2) is 4.98 Å². The second-order valence-corrected chi connectivity index (χ2v) is 4.70.